The largest absolute Gasteiger partial charge is 0.451 e. The minimum Gasteiger partial charge on any atom is -0.451 e. The predicted octanol–water partition coefficient (Wildman–Crippen LogP) is 4.26. The molecule has 0 saturated carbocycles. The first-order valence-corrected chi connectivity index (χ1v) is 6.67. The Labute approximate surface area is 108 Å². The van der Waals surface area contributed by atoms with Gasteiger partial charge in [-0.05, 0) is 62.5 Å². The Hall–Kier alpha value is -0.100. The molecule has 1 unspecified atom stereocenters. The van der Waals surface area contributed by atoms with Crippen LogP contribution in [0.1, 0.15) is 22.3 Å². The molecule has 1 atom stereocenters. The summed E-state index contributed by atoms with van der Waals surface area (Å²) in [5, 5.41) is 10.0. The first-order valence-electron chi connectivity index (χ1n) is 4.27. The van der Waals surface area contributed by atoms with Gasteiger partial charge in [0.2, 0.25) is 0 Å². The molecule has 0 aliphatic heterocycles. The predicted molar refractivity (Wildman–Crippen MR) is 67.2 cm³/mol. The van der Waals surface area contributed by atoms with Gasteiger partial charge in [0.25, 0.3) is 0 Å². The summed E-state index contributed by atoms with van der Waals surface area (Å²) in [6, 6.07) is 5.49. The first-order chi connectivity index (χ1) is 7.08. The standard InChI is InChI=1S/C10H8Br2O2S/c1-5-4-7(15-10(5)12)9(13)6-2-3-8(11)14-6/h2-4,9,13H,1H3. The minimum atomic E-state index is -0.689. The Morgan fingerprint density at radius 3 is 2.60 bits per heavy atom. The second kappa shape index (κ2) is 4.41. The molecule has 15 heavy (non-hydrogen) atoms. The van der Waals surface area contributed by atoms with Crippen molar-refractivity contribution in [2.24, 2.45) is 0 Å². The number of hydrogen-bond donors (Lipinski definition) is 1. The molecular formula is C10H8Br2O2S. The zero-order valence-electron chi connectivity index (χ0n) is 7.83. The molecule has 2 nitrogen and oxygen atoms in total. The van der Waals surface area contributed by atoms with Crippen molar-refractivity contribution in [1.29, 1.82) is 0 Å². The van der Waals surface area contributed by atoms with Gasteiger partial charge in [-0.3, -0.25) is 0 Å². The number of aryl methyl sites for hydroxylation is 1. The van der Waals surface area contributed by atoms with Crippen molar-refractivity contribution in [3.8, 4) is 0 Å². The third kappa shape index (κ3) is 2.36. The van der Waals surface area contributed by atoms with E-state index in [2.05, 4.69) is 31.9 Å². The van der Waals surface area contributed by atoms with Crippen LogP contribution in [-0.4, -0.2) is 5.11 Å². The Morgan fingerprint density at radius 1 is 1.40 bits per heavy atom. The molecule has 1 N–H and O–H groups in total. The topological polar surface area (TPSA) is 33.4 Å². The summed E-state index contributed by atoms with van der Waals surface area (Å²) in [7, 11) is 0. The van der Waals surface area contributed by atoms with E-state index in [4.69, 9.17) is 4.42 Å². The van der Waals surface area contributed by atoms with Crippen LogP contribution >= 0.6 is 43.2 Å². The van der Waals surface area contributed by atoms with Crippen LogP contribution in [0.5, 0.6) is 0 Å². The van der Waals surface area contributed by atoms with Gasteiger partial charge in [0.15, 0.2) is 4.67 Å². The third-order valence-electron chi connectivity index (χ3n) is 2.01. The fourth-order valence-electron chi connectivity index (χ4n) is 1.23. The van der Waals surface area contributed by atoms with Crippen LogP contribution < -0.4 is 0 Å². The molecule has 0 aliphatic rings. The molecular weight excluding hydrogens is 344 g/mol. The van der Waals surface area contributed by atoms with E-state index in [-0.39, 0.29) is 0 Å². The van der Waals surface area contributed by atoms with E-state index in [1.54, 1.807) is 12.1 Å². The lowest BCUT2D eigenvalue weighted by atomic mass is 10.2. The van der Waals surface area contributed by atoms with Gasteiger partial charge in [0.1, 0.15) is 11.9 Å². The van der Waals surface area contributed by atoms with Crippen LogP contribution in [0.2, 0.25) is 0 Å². The van der Waals surface area contributed by atoms with Gasteiger partial charge in [-0.15, -0.1) is 11.3 Å². The van der Waals surface area contributed by atoms with Crippen molar-refractivity contribution in [3.63, 3.8) is 0 Å². The van der Waals surface area contributed by atoms with Crippen LogP contribution in [0.25, 0.3) is 0 Å². The summed E-state index contributed by atoms with van der Waals surface area (Å²) < 4.78 is 6.98. The molecule has 0 fully saturated rings. The fourth-order valence-corrected chi connectivity index (χ4v) is 3.12. The first kappa shape index (κ1) is 11.4. The molecule has 2 aromatic heterocycles. The van der Waals surface area contributed by atoms with Crippen molar-refractivity contribution in [2.45, 2.75) is 13.0 Å². The van der Waals surface area contributed by atoms with E-state index in [0.717, 1.165) is 14.2 Å². The van der Waals surface area contributed by atoms with E-state index in [1.807, 2.05) is 13.0 Å². The highest BCUT2D eigenvalue weighted by Crippen LogP contribution is 2.35. The van der Waals surface area contributed by atoms with Crippen LogP contribution in [0.4, 0.5) is 0 Å². The van der Waals surface area contributed by atoms with Gasteiger partial charge in [-0.25, -0.2) is 0 Å². The van der Waals surface area contributed by atoms with E-state index in [1.165, 1.54) is 11.3 Å². The van der Waals surface area contributed by atoms with Gasteiger partial charge >= 0.3 is 0 Å². The van der Waals surface area contributed by atoms with Crippen molar-refractivity contribution in [2.75, 3.05) is 0 Å². The molecule has 80 valence electrons. The number of thiophene rings is 1. The molecule has 0 radical (unpaired) electrons. The lowest BCUT2D eigenvalue weighted by molar-refractivity contribution is 0.191. The molecule has 2 rings (SSSR count). The smallest absolute Gasteiger partial charge is 0.169 e. The van der Waals surface area contributed by atoms with Crippen molar-refractivity contribution in [1.82, 2.24) is 0 Å². The molecule has 0 saturated heterocycles. The number of rotatable bonds is 2. The van der Waals surface area contributed by atoms with E-state index in [9.17, 15) is 5.11 Å². The summed E-state index contributed by atoms with van der Waals surface area (Å²) in [5.74, 6) is 0.552. The molecule has 2 aromatic rings. The Kier molecular flexibility index (Phi) is 3.35. The Morgan fingerprint density at radius 2 is 2.13 bits per heavy atom. The van der Waals surface area contributed by atoms with Crippen LogP contribution in [0, 0.1) is 6.92 Å². The monoisotopic (exact) mass is 350 g/mol. The molecule has 0 bridgehead atoms. The average Bonchev–Trinajstić information content (AvgIpc) is 2.74. The highest BCUT2D eigenvalue weighted by Gasteiger charge is 2.17. The molecule has 0 spiro atoms. The van der Waals surface area contributed by atoms with Crippen LogP contribution in [0.15, 0.2) is 31.1 Å². The third-order valence-corrected chi connectivity index (χ3v) is 4.62. The maximum Gasteiger partial charge on any atom is 0.169 e. The summed E-state index contributed by atoms with van der Waals surface area (Å²) >= 11 is 8.16. The van der Waals surface area contributed by atoms with Crippen LogP contribution in [-0.2, 0) is 0 Å². The van der Waals surface area contributed by atoms with E-state index < -0.39 is 6.10 Å². The zero-order valence-corrected chi connectivity index (χ0v) is 11.8. The molecule has 0 amide bonds. The number of hydrogen-bond acceptors (Lipinski definition) is 3. The second-order valence-electron chi connectivity index (χ2n) is 3.15. The molecule has 5 heteroatoms. The van der Waals surface area contributed by atoms with Gasteiger partial charge < -0.3 is 9.52 Å². The minimum absolute atomic E-state index is 0.552. The lowest BCUT2D eigenvalue weighted by Gasteiger charge is -2.03. The summed E-state index contributed by atoms with van der Waals surface area (Å²) in [6.45, 7) is 1.99. The summed E-state index contributed by atoms with van der Waals surface area (Å²) in [6.07, 6.45) is -0.689. The average molecular weight is 352 g/mol. The highest BCUT2D eigenvalue weighted by molar-refractivity contribution is 9.11. The van der Waals surface area contributed by atoms with Crippen molar-refractivity contribution >= 4 is 43.2 Å². The molecule has 2 heterocycles. The summed E-state index contributed by atoms with van der Waals surface area (Å²) in [5.41, 5.74) is 1.12. The molecule has 0 aliphatic carbocycles. The van der Waals surface area contributed by atoms with E-state index >= 15 is 0 Å². The SMILES string of the molecule is Cc1cc(C(O)c2ccc(Br)o2)sc1Br. The fraction of sp³-hybridized carbons (Fsp3) is 0.200. The van der Waals surface area contributed by atoms with Gasteiger partial charge in [0.05, 0.1) is 3.79 Å². The zero-order chi connectivity index (χ0) is 11.0. The van der Waals surface area contributed by atoms with Crippen LogP contribution in [0.3, 0.4) is 0 Å². The van der Waals surface area contributed by atoms with Gasteiger partial charge in [-0.1, -0.05) is 0 Å². The van der Waals surface area contributed by atoms with E-state index in [0.29, 0.717) is 10.4 Å². The number of furan rings is 1. The number of aliphatic hydroxyl groups is 1. The highest BCUT2D eigenvalue weighted by atomic mass is 79.9. The second-order valence-corrected chi connectivity index (χ2v) is 6.33. The maximum absolute atomic E-state index is 10.0. The van der Waals surface area contributed by atoms with Gasteiger partial charge in [0, 0.05) is 4.88 Å². The van der Waals surface area contributed by atoms with Gasteiger partial charge in [-0.2, -0.15) is 0 Å². The Bertz CT molecular complexity index is 456. The Balaban J connectivity index is 2.31. The normalized spacial score (nSPS) is 13.1. The molecule has 0 aromatic carbocycles. The summed E-state index contributed by atoms with van der Waals surface area (Å²) in [4.78, 5) is 0.876. The quantitative estimate of drug-likeness (QED) is 0.877. The number of halogens is 2. The van der Waals surface area contributed by atoms with Crippen molar-refractivity contribution in [3.05, 3.63) is 42.9 Å². The number of aliphatic hydroxyl groups excluding tert-OH is 1. The van der Waals surface area contributed by atoms with Crippen molar-refractivity contribution < 1.29 is 9.52 Å². The lowest BCUT2D eigenvalue weighted by Crippen LogP contribution is -1.94. The maximum atomic E-state index is 10.0.